The van der Waals surface area contributed by atoms with Crippen molar-refractivity contribution >= 4 is 11.8 Å². The number of thioether (sulfide) groups is 1. The van der Waals surface area contributed by atoms with Gasteiger partial charge in [0.2, 0.25) is 0 Å². The van der Waals surface area contributed by atoms with Crippen LogP contribution in [0.5, 0.6) is 5.75 Å². The molecule has 0 fully saturated rings. The molecule has 0 saturated heterocycles. The van der Waals surface area contributed by atoms with Gasteiger partial charge in [0.05, 0.1) is 11.4 Å². The Morgan fingerprint density at radius 2 is 1.62 bits per heavy atom. The lowest BCUT2D eigenvalue weighted by molar-refractivity contribution is 0.241. The molecule has 0 aliphatic heterocycles. The molecule has 0 aromatic heterocycles. The fourth-order valence-corrected chi connectivity index (χ4v) is 3.81. The Kier molecular flexibility index (Phi) is 5.32. The Bertz CT molecular complexity index is 563. The molecule has 0 heterocycles. The van der Waals surface area contributed by atoms with Gasteiger partial charge in [-0.05, 0) is 43.2 Å². The van der Waals surface area contributed by atoms with E-state index in [2.05, 4.69) is 38.1 Å². The Balaban J connectivity index is 2.36. The van der Waals surface area contributed by atoms with Crippen LogP contribution in [0.1, 0.15) is 30.9 Å². The largest absolute Gasteiger partial charge is 0.508 e. The van der Waals surface area contributed by atoms with Crippen molar-refractivity contribution in [1.82, 2.24) is 0 Å². The molecule has 21 heavy (non-hydrogen) atoms. The second-order valence-electron chi connectivity index (χ2n) is 5.36. The van der Waals surface area contributed by atoms with Crippen LogP contribution in [0, 0.1) is 6.92 Å². The summed E-state index contributed by atoms with van der Waals surface area (Å²) in [4.78, 5) is 1.05. The molecule has 0 radical (unpaired) electrons. The highest BCUT2D eigenvalue weighted by Gasteiger charge is 2.32. The van der Waals surface area contributed by atoms with Crippen molar-refractivity contribution < 1.29 is 10.2 Å². The Labute approximate surface area is 130 Å². The SMILES string of the molecule is CCCC(CO)(Sc1ccc(O)cc1)c1ccc(C)cc1. The van der Waals surface area contributed by atoms with E-state index in [1.165, 1.54) is 5.56 Å². The molecule has 0 amide bonds. The summed E-state index contributed by atoms with van der Waals surface area (Å²) < 4.78 is -0.334. The molecule has 112 valence electrons. The zero-order valence-electron chi connectivity index (χ0n) is 12.5. The number of hydrogen-bond acceptors (Lipinski definition) is 3. The first-order valence-electron chi connectivity index (χ1n) is 7.26. The first-order chi connectivity index (χ1) is 10.1. The summed E-state index contributed by atoms with van der Waals surface area (Å²) in [6.45, 7) is 4.29. The van der Waals surface area contributed by atoms with Crippen molar-refractivity contribution in [3.8, 4) is 5.75 Å². The molecule has 1 unspecified atom stereocenters. The van der Waals surface area contributed by atoms with Crippen LogP contribution in [0.3, 0.4) is 0 Å². The molecule has 0 aliphatic rings. The first-order valence-corrected chi connectivity index (χ1v) is 8.07. The molecule has 0 aliphatic carbocycles. The van der Waals surface area contributed by atoms with Gasteiger partial charge in [0.1, 0.15) is 5.75 Å². The molecular weight excluding hydrogens is 280 g/mol. The van der Waals surface area contributed by atoms with Crippen LogP contribution >= 0.6 is 11.8 Å². The Hall–Kier alpha value is -1.45. The number of aliphatic hydroxyl groups excluding tert-OH is 1. The normalized spacial score (nSPS) is 13.9. The Morgan fingerprint density at radius 3 is 2.14 bits per heavy atom. The summed E-state index contributed by atoms with van der Waals surface area (Å²) in [6, 6.07) is 15.6. The van der Waals surface area contributed by atoms with Crippen molar-refractivity contribution in [2.45, 2.75) is 36.3 Å². The summed E-state index contributed by atoms with van der Waals surface area (Å²) >= 11 is 1.67. The number of aryl methyl sites for hydroxylation is 1. The van der Waals surface area contributed by atoms with E-state index in [4.69, 9.17) is 0 Å². The van der Waals surface area contributed by atoms with Crippen LogP contribution in [-0.4, -0.2) is 16.8 Å². The van der Waals surface area contributed by atoms with Crippen LogP contribution < -0.4 is 0 Å². The van der Waals surface area contributed by atoms with Crippen molar-refractivity contribution in [2.75, 3.05) is 6.61 Å². The minimum absolute atomic E-state index is 0.0927. The summed E-state index contributed by atoms with van der Waals surface area (Å²) in [7, 11) is 0. The molecule has 0 spiro atoms. The van der Waals surface area contributed by atoms with E-state index in [0.717, 1.165) is 23.3 Å². The van der Waals surface area contributed by atoms with Crippen molar-refractivity contribution in [1.29, 1.82) is 0 Å². The van der Waals surface area contributed by atoms with Crippen molar-refractivity contribution in [2.24, 2.45) is 0 Å². The van der Waals surface area contributed by atoms with E-state index >= 15 is 0 Å². The molecule has 3 heteroatoms. The van der Waals surface area contributed by atoms with Gasteiger partial charge in [-0.3, -0.25) is 0 Å². The zero-order chi connectivity index (χ0) is 15.3. The predicted molar refractivity (Wildman–Crippen MR) is 88.8 cm³/mol. The second kappa shape index (κ2) is 7.01. The van der Waals surface area contributed by atoms with E-state index in [1.54, 1.807) is 23.9 Å². The maximum absolute atomic E-state index is 10.1. The maximum Gasteiger partial charge on any atom is 0.115 e. The number of benzene rings is 2. The fourth-order valence-electron chi connectivity index (χ4n) is 2.46. The van der Waals surface area contributed by atoms with Gasteiger partial charge in [0.25, 0.3) is 0 Å². The summed E-state index contributed by atoms with van der Waals surface area (Å²) in [5.74, 6) is 0.264. The second-order valence-corrected chi connectivity index (χ2v) is 6.82. The van der Waals surface area contributed by atoms with Gasteiger partial charge in [0, 0.05) is 4.90 Å². The minimum atomic E-state index is -0.334. The molecule has 0 saturated carbocycles. The topological polar surface area (TPSA) is 40.5 Å². The number of aliphatic hydroxyl groups is 1. The smallest absolute Gasteiger partial charge is 0.115 e. The van der Waals surface area contributed by atoms with Gasteiger partial charge in [-0.25, -0.2) is 0 Å². The Morgan fingerprint density at radius 1 is 1.00 bits per heavy atom. The van der Waals surface area contributed by atoms with Gasteiger partial charge in [0.15, 0.2) is 0 Å². The third kappa shape index (κ3) is 3.80. The van der Waals surface area contributed by atoms with E-state index in [-0.39, 0.29) is 17.1 Å². The predicted octanol–water partition coefficient (Wildman–Crippen LogP) is 4.48. The van der Waals surface area contributed by atoms with Gasteiger partial charge in [-0.2, -0.15) is 0 Å². The standard InChI is InChI=1S/C18H22O2S/c1-3-12-18(13-19,15-6-4-14(2)5-7-15)21-17-10-8-16(20)9-11-17/h4-11,19-20H,3,12-13H2,1-2H3. The van der Waals surface area contributed by atoms with Gasteiger partial charge in [-0.1, -0.05) is 43.2 Å². The molecule has 2 N–H and O–H groups in total. The third-order valence-corrected chi connectivity index (χ3v) is 5.10. The highest BCUT2D eigenvalue weighted by molar-refractivity contribution is 8.00. The van der Waals surface area contributed by atoms with Crippen LogP contribution in [0.4, 0.5) is 0 Å². The van der Waals surface area contributed by atoms with Crippen LogP contribution in [0.2, 0.25) is 0 Å². The number of phenols is 1. The number of aromatic hydroxyl groups is 1. The molecular formula is C18H22O2S. The fraction of sp³-hybridized carbons (Fsp3) is 0.333. The average Bonchev–Trinajstić information content (AvgIpc) is 2.50. The van der Waals surface area contributed by atoms with Gasteiger partial charge >= 0.3 is 0 Å². The lowest BCUT2D eigenvalue weighted by Crippen LogP contribution is -2.26. The van der Waals surface area contributed by atoms with Crippen molar-refractivity contribution in [3.05, 3.63) is 59.7 Å². The maximum atomic E-state index is 10.1. The van der Waals surface area contributed by atoms with Crippen LogP contribution in [-0.2, 0) is 4.75 Å². The van der Waals surface area contributed by atoms with Crippen LogP contribution in [0.25, 0.3) is 0 Å². The quantitative estimate of drug-likeness (QED) is 0.773. The molecule has 2 aromatic carbocycles. The first kappa shape index (κ1) is 15.9. The number of rotatable bonds is 6. The summed E-state index contributed by atoms with van der Waals surface area (Å²) in [5, 5.41) is 19.5. The molecule has 0 bridgehead atoms. The molecule has 2 rings (SSSR count). The van der Waals surface area contributed by atoms with Gasteiger partial charge in [-0.15, -0.1) is 11.8 Å². The number of hydrogen-bond donors (Lipinski definition) is 2. The highest BCUT2D eigenvalue weighted by atomic mass is 32.2. The zero-order valence-corrected chi connectivity index (χ0v) is 13.4. The van der Waals surface area contributed by atoms with Gasteiger partial charge < -0.3 is 10.2 Å². The third-order valence-electron chi connectivity index (χ3n) is 3.64. The molecule has 2 nitrogen and oxygen atoms in total. The summed E-state index contributed by atoms with van der Waals surface area (Å²) in [6.07, 6.45) is 1.90. The molecule has 2 aromatic rings. The molecule has 1 atom stereocenters. The van der Waals surface area contributed by atoms with Crippen molar-refractivity contribution in [3.63, 3.8) is 0 Å². The van der Waals surface area contributed by atoms with Crippen LogP contribution in [0.15, 0.2) is 53.4 Å². The van der Waals surface area contributed by atoms with E-state index in [1.807, 2.05) is 12.1 Å². The summed E-state index contributed by atoms with van der Waals surface area (Å²) in [5.41, 5.74) is 2.37. The van der Waals surface area contributed by atoms with E-state index in [0.29, 0.717) is 0 Å². The van der Waals surface area contributed by atoms with E-state index in [9.17, 15) is 10.2 Å². The minimum Gasteiger partial charge on any atom is -0.508 e. The highest BCUT2D eigenvalue weighted by Crippen LogP contribution is 2.45. The monoisotopic (exact) mass is 302 g/mol. The lowest BCUT2D eigenvalue weighted by atomic mass is 9.93. The lowest BCUT2D eigenvalue weighted by Gasteiger charge is -2.32. The average molecular weight is 302 g/mol. The van der Waals surface area contributed by atoms with E-state index < -0.39 is 0 Å². The number of phenolic OH excluding ortho intramolecular Hbond substituents is 1.